The Hall–Kier alpha value is -2.28. The number of aliphatic hydroxyl groups is 7. The molecule has 2 aliphatic heterocycles. The van der Waals surface area contributed by atoms with E-state index in [1.807, 2.05) is 0 Å². The van der Waals surface area contributed by atoms with Crippen molar-refractivity contribution in [2.45, 2.75) is 203 Å². The lowest BCUT2D eigenvalue weighted by Gasteiger charge is -2.42. The van der Waals surface area contributed by atoms with Gasteiger partial charge >= 0.3 is 11.9 Å². The predicted molar refractivity (Wildman–Crippen MR) is 220 cm³/mol. The third-order valence-electron chi connectivity index (χ3n) is 10.3. The first-order chi connectivity index (χ1) is 28.5. The molecule has 15 nitrogen and oxygen atoms in total. The van der Waals surface area contributed by atoms with Gasteiger partial charge in [-0.3, -0.25) is 9.59 Å². The third-order valence-corrected chi connectivity index (χ3v) is 10.3. The Morgan fingerprint density at radius 3 is 1.61 bits per heavy atom. The maximum Gasteiger partial charge on any atom is 0.306 e. The number of carbonyl (C=O) groups is 2. The Bertz CT molecular complexity index is 1180. The molecule has 11 unspecified atom stereocenters. The van der Waals surface area contributed by atoms with Crippen LogP contribution in [-0.4, -0.2) is 142 Å². The van der Waals surface area contributed by atoms with Crippen molar-refractivity contribution >= 4 is 11.9 Å². The van der Waals surface area contributed by atoms with Crippen LogP contribution < -0.4 is 0 Å². The van der Waals surface area contributed by atoms with Crippen LogP contribution in [0.25, 0.3) is 0 Å². The molecular formula is C44H76O15. The molecule has 2 fully saturated rings. The first kappa shape index (κ1) is 52.9. The van der Waals surface area contributed by atoms with Gasteiger partial charge in [0, 0.05) is 12.8 Å². The topological polar surface area (TPSA) is 231 Å². The molecule has 7 N–H and O–H groups in total. The van der Waals surface area contributed by atoms with Gasteiger partial charge in [-0.2, -0.15) is 0 Å². The predicted octanol–water partition coefficient (Wildman–Crippen LogP) is 4.20. The summed E-state index contributed by atoms with van der Waals surface area (Å²) in [4.78, 5) is 25.5. The normalized spacial score (nSPS) is 28.2. The highest BCUT2D eigenvalue weighted by Crippen LogP contribution is 2.26. The summed E-state index contributed by atoms with van der Waals surface area (Å²) >= 11 is 0. The van der Waals surface area contributed by atoms with Crippen molar-refractivity contribution in [2.24, 2.45) is 0 Å². The average Bonchev–Trinajstić information content (AvgIpc) is 3.23. The lowest BCUT2D eigenvalue weighted by atomic mass is 9.98. The second kappa shape index (κ2) is 32.4. The van der Waals surface area contributed by atoms with Crippen LogP contribution in [0.15, 0.2) is 36.5 Å². The molecule has 15 heteroatoms. The fourth-order valence-corrected chi connectivity index (χ4v) is 6.61. The van der Waals surface area contributed by atoms with Crippen LogP contribution >= 0.6 is 0 Å². The summed E-state index contributed by atoms with van der Waals surface area (Å²) in [5.41, 5.74) is 0. The van der Waals surface area contributed by atoms with Crippen LogP contribution in [0, 0.1) is 0 Å². The van der Waals surface area contributed by atoms with E-state index in [0.717, 1.165) is 96.3 Å². The highest BCUT2D eigenvalue weighted by Gasteiger charge is 2.47. The highest BCUT2D eigenvalue weighted by atomic mass is 16.7. The minimum absolute atomic E-state index is 0.146. The Labute approximate surface area is 351 Å². The first-order valence-corrected chi connectivity index (χ1v) is 22.1. The number of esters is 2. The lowest BCUT2D eigenvalue weighted by Crippen LogP contribution is -2.61. The molecule has 2 rings (SSSR count). The van der Waals surface area contributed by atoms with Crippen LogP contribution in [0.4, 0.5) is 0 Å². The fourth-order valence-electron chi connectivity index (χ4n) is 6.61. The number of aliphatic hydroxyl groups excluding tert-OH is 7. The van der Waals surface area contributed by atoms with E-state index in [9.17, 15) is 45.3 Å². The molecule has 0 aliphatic carbocycles. The van der Waals surface area contributed by atoms with Gasteiger partial charge in [-0.15, -0.1) is 0 Å². The number of hydrogen-bond donors (Lipinski definition) is 7. The molecular weight excluding hydrogens is 768 g/mol. The summed E-state index contributed by atoms with van der Waals surface area (Å²) in [5.74, 6) is -0.959. The van der Waals surface area contributed by atoms with E-state index >= 15 is 0 Å². The lowest BCUT2D eigenvalue weighted by molar-refractivity contribution is -0.332. The van der Waals surface area contributed by atoms with Gasteiger partial charge in [0.2, 0.25) is 0 Å². The molecule has 2 aliphatic rings. The van der Waals surface area contributed by atoms with E-state index in [1.54, 1.807) is 0 Å². The zero-order chi connectivity index (χ0) is 43.3. The zero-order valence-corrected chi connectivity index (χ0v) is 35.5. The van der Waals surface area contributed by atoms with Crippen LogP contribution in [0.3, 0.4) is 0 Å². The summed E-state index contributed by atoms with van der Waals surface area (Å²) in [5, 5.41) is 71.7. The number of unbranched alkanes of at least 4 members (excludes halogenated alkanes) is 12. The minimum Gasteiger partial charge on any atom is -0.462 e. The Morgan fingerprint density at radius 1 is 0.542 bits per heavy atom. The van der Waals surface area contributed by atoms with Gasteiger partial charge in [-0.1, -0.05) is 102 Å². The SMILES string of the molecule is CCC/C=C\C/C=C\CCCCCCCC(=O)OC(COC(=O)CCCCCCC/C=C\CCC)COC1OC(COC2OC(CO)C(O)C(O)C2O)C(O)C(O)C1O. The number of hydrogen-bond acceptors (Lipinski definition) is 15. The molecule has 0 aromatic heterocycles. The molecule has 0 aromatic carbocycles. The average molecular weight is 845 g/mol. The summed E-state index contributed by atoms with van der Waals surface area (Å²) in [6.45, 7) is 2.40. The summed E-state index contributed by atoms with van der Waals surface area (Å²) < 4.78 is 33.4. The first-order valence-electron chi connectivity index (χ1n) is 22.1. The van der Waals surface area contributed by atoms with Gasteiger partial charge in [0.15, 0.2) is 18.7 Å². The van der Waals surface area contributed by atoms with Crippen molar-refractivity contribution in [3.05, 3.63) is 36.5 Å². The van der Waals surface area contributed by atoms with Crippen molar-refractivity contribution in [1.82, 2.24) is 0 Å². The zero-order valence-electron chi connectivity index (χ0n) is 35.5. The highest BCUT2D eigenvalue weighted by molar-refractivity contribution is 5.70. The molecule has 2 heterocycles. The molecule has 0 spiro atoms. The quantitative estimate of drug-likeness (QED) is 0.0286. The monoisotopic (exact) mass is 845 g/mol. The van der Waals surface area contributed by atoms with Gasteiger partial charge in [0.1, 0.15) is 55.4 Å². The Kier molecular flexibility index (Phi) is 29.1. The van der Waals surface area contributed by atoms with Crippen molar-refractivity contribution in [3.8, 4) is 0 Å². The number of carbonyl (C=O) groups excluding carboxylic acids is 2. The van der Waals surface area contributed by atoms with E-state index in [1.165, 1.54) is 0 Å². The number of rotatable bonds is 32. The van der Waals surface area contributed by atoms with Crippen LogP contribution in [0.1, 0.15) is 136 Å². The van der Waals surface area contributed by atoms with Gasteiger partial charge in [0.25, 0.3) is 0 Å². The van der Waals surface area contributed by atoms with Crippen molar-refractivity contribution in [1.29, 1.82) is 0 Å². The number of allylic oxidation sites excluding steroid dienone is 6. The molecule has 0 amide bonds. The van der Waals surface area contributed by atoms with Gasteiger partial charge in [-0.05, 0) is 57.8 Å². The molecule has 59 heavy (non-hydrogen) atoms. The second-order valence-corrected chi connectivity index (χ2v) is 15.5. The van der Waals surface area contributed by atoms with Crippen molar-refractivity contribution in [2.75, 3.05) is 26.4 Å². The molecule has 11 atom stereocenters. The van der Waals surface area contributed by atoms with Gasteiger partial charge < -0.3 is 64.2 Å². The van der Waals surface area contributed by atoms with Gasteiger partial charge in [0.05, 0.1) is 19.8 Å². The summed E-state index contributed by atoms with van der Waals surface area (Å²) in [6.07, 6.45) is 13.4. The van der Waals surface area contributed by atoms with Crippen molar-refractivity contribution < 1.29 is 73.8 Å². The standard InChI is InChI=1S/C44H76O15/c1-3-5-7-9-11-13-15-16-17-19-21-23-25-27-36(47)57-32(29-54-35(46)26-24-22-20-18-14-12-10-8-6-4-2)30-55-43-42(53)40(51)38(49)34(59-43)31-56-44-41(52)39(50)37(48)33(28-45)58-44/h7-10,13,15,32-34,37-45,48-53H,3-6,11-12,14,16-31H2,1-2H3/b9-7-,10-8-,15-13-. The van der Waals surface area contributed by atoms with E-state index < -0.39 is 99.3 Å². The van der Waals surface area contributed by atoms with Crippen LogP contribution in [-0.2, 0) is 38.0 Å². The van der Waals surface area contributed by atoms with Crippen LogP contribution in [0.5, 0.6) is 0 Å². The third kappa shape index (κ3) is 21.9. The molecule has 0 radical (unpaired) electrons. The second-order valence-electron chi connectivity index (χ2n) is 15.5. The minimum atomic E-state index is -1.77. The molecule has 0 bridgehead atoms. The smallest absolute Gasteiger partial charge is 0.306 e. The van der Waals surface area contributed by atoms with E-state index in [4.69, 9.17) is 28.4 Å². The molecule has 342 valence electrons. The molecule has 2 saturated heterocycles. The fraction of sp³-hybridized carbons (Fsp3) is 0.818. The Morgan fingerprint density at radius 2 is 1.02 bits per heavy atom. The summed E-state index contributed by atoms with van der Waals surface area (Å²) in [6, 6.07) is 0. The maximum atomic E-state index is 12.9. The summed E-state index contributed by atoms with van der Waals surface area (Å²) in [7, 11) is 0. The van der Waals surface area contributed by atoms with Gasteiger partial charge in [-0.25, -0.2) is 0 Å². The van der Waals surface area contributed by atoms with Crippen LogP contribution in [0.2, 0.25) is 0 Å². The van der Waals surface area contributed by atoms with E-state index in [0.29, 0.717) is 12.8 Å². The maximum absolute atomic E-state index is 12.9. The molecule has 0 aromatic rings. The largest absolute Gasteiger partial charge is 0.462 e. The van der Waals surface area contributed by atoms with E-state index in [2.05, 4.69) is 50.3 Å². The number of ether oxygens (including phenoxy) is 6. The van der Waals surface area contributed by atoms with E-state index in [-0.39, 0.29) is 19.4 Å². The Balaban J connectivity index is 1.88. The van der Waals surface area contributed by atoms with Crippen molar-refractivity contribution in [3.63, 3.8) is 0 Å². The molecule has 0 saturated carbocycles.